The molecule has 0 spiro atoms. The van der Waals surface area contributed by atoms with Crippen LogP contribution in [0.25, 0.3) is 6.08 Å². The van der Waals surface area contributed by atoms with Gasteiger partial charge in [0, 0.05) is 11.8 Å². The molecule has 0 bridgehead atoms. The number of aromatic nitrogens is 1. The van der Waals surface area contributed by atoms with Gasteiger partial charge in [0.15, 0.2) is 0 Å². The molecule has 0 radical (unpaired) electrons. The lowest BCUT2D eigenvalue weighted by Gasteiger charge is -2.12. The topological polar surface area (TPSA) is 80.3 Å². The van der Waals surface area contributed by atoms with E-state index >= 15 is 0 Å². The van der Waals surface area contributed by atoms with E-state index in [1.807, 2.05) is 54.6 Å². The lowest BCUT2D eigenvalue weighted by atomic mass is 10.1. The van der Waals surface area contributed by atoms with Gasteiger partial charge in [-0.1, -0.05) is 48.5 Å². The first-order valence-corrected chi connectivity index (χ1v) is 11.7. The van der Waals surface area contributed by atoms with Crippen LogP contribution >= 0.6 is 15.9 Å². The van der Waals surface area contributed by atoms with E-state index < -0.39 is 5.91 Å². The number of hydrogen-bond donors (Lipinski definition) is 2. The van der Waals surface area contributed by atoms with Crippen molar-refractivity contribution in [2.24, 2.45) is 0 Å². The number of carbonyl (C=O) groups is 2. The van der Waals surface area contributed by atoms with Gasteiger partial charge in [-0.3, -0.25) is 14.6 Å². The fraction of sp³-hybridized carbons (Fsp3) is 0.0357. The van der Waals surface area contributed by atoms with E-state index in [0.717, 1.165) is 10.0 Å². The highest BCUT2D eigenvalue weighted by molar-refractivity contribution is 9.10. The van der Waals surface area contributed by atoms with Crippen LogP contribution < -0.4 is 15.4 Å². The Kier molecular flexibility index (Phi) is 8.04. The van der Waals surface area contributed by atoms with Crippen molar-refractivity contribution in [3.8, 4) is 11.5 Å². The van der Waals surface area contributed by atoms with Crippen molar-refractivity contribution in [1.29, 1.82) is 0 Å². The molecule has 0 atom stereocenters. The molecule has 0 saturated heterocycles. The van der Waals surface area contributed by atoms with E-state index in [1.165, 1.54) is 0 Å². The molecule has 35 heavy (non-hydrogen) atoms. The molecule has 0 fully saturated rings. The zero-order valence-electron chi connectivity index (χ0n) is 18.6. The summed E-state index contributed by atoms with van der Waals surface area (Å²) in [6, 6.07) is 29.0. The number of nitrogens with zero attached hydrogens (tertiary/aromatic N) is 1. The molecule has 0 aliphatic carbocycles. The number of hydrogen-bond acceptors (Lipinski definition) is 4. The van der Waals surface area contributed by atoms with Crippen LogP contribution in [0.5, 0.6) is 11.5 Å². The Labute approximate surface area is 211 Å². The molecule has 174 valence electrons. The van der Waals surface area contributed by atoms with Gasteiger partial charge in [0.25, 0.3) is 11.8 Å². The zero-order valence-corrected chi connectivity index (χ0v) is 20.2. The van der Waals surface area contributed by atoms with Crippen LogP contribution in [0.15, 0.2) is 113 Å². The minimum absolute atomic E-state index is 0.120. The van der Waals surface area contributed by atoms with E-state index in [9.17, 15) is 9.59 Å². The van der Waals surface area contributed by atoms with Gasteiger partial charge < -0.3 is 15.4 Å². The molecular weight excluding hydrogens is 506 g/mol. The molecule has 1 aromatic heterocycles. The first-order valence-electron chi connectivity index (χ1n) is 10.9. The zero-order chi connectivity index (χ0) is 24.5. The van der Waals surface area contributed by atoms with Crippen molar-refractivity contribution >= 4 is 33.8 Å². The summed E-state index contributed by atoms with van der Waals surface area (Å²) in [5, 5.41) is 5.54. The Morgan fingerprint density at radius 2 is 1.57 bits per heavy atom. The summed E-state index contributed by atoms with van der Waals surface area (Å²) in [7, 11) is 0. The van der Waals surface area contributed by atoms with E-state index in [2.05, 4.69) is 31.5 Å². The molecule has 2 amide bonds. The predicted octanol–water partition coefficient (Wildman–Crippen LogP) is 5.72. The van der Waals surface area contributed by atoms with Crippen LogP contribution in [0.1, 0.15) is 21.6 Å². The van der Waals surface area contributed by atoms with Crippen molar-refractivity contribution in [1.82, 2.24) is 15.6 Å². The molecule has 2 N–H and O–H groups in total. The molecule has 0 aliphatic heterocycles. The molecule has 4 rings (SSSR count). The van der Waals surface area contributed by atoms with Gasteiger partial charge in [-0.25, -0.2) is 0 Å². The molecule has 7 heteroatoms. The SMILES string of the molecule is O=C(NCc1ccccn1)/C(=C\c1ccc(Oc2ccccc2Br)cc1)NC(=O)c1ccccc1. The lowest BCUT2D eigenvalue weighted by molar-refractivity contribution is -0.117. The number of pyridine rings is 1. The molecule has 6 nitrogen and oxygen atoms in total. The highest BCUT2D eigenvalue weighted by Gasteiger charge is 2.15. The Morgan fingerprint density at radius 3 is 2.29 bits per heavy atom. The Morgan fingerprint density at radius 1 is 0.857 bits per heavy atom. The molecule has 0 aliphatic rings. The summed E-state index contributed by atoms with van der Waals surface area (Å²) in [6.45, 7) is 0.233. The van der Waals surface area contributed by atoms with Gasteiger partial charge in [0.05, 0.1) is 16.7 Å². The van der Waals surface area contributed by atoms with Crippen LogP contribution in [0.2, 0.25) is 0 Å². The summed E-state index contributed by atoms with van der Waals surface area (Å²) in [6.07, 6.45) is 3.28. The standard InChI is InChI=1S/C28H22BrN3O3/c29-24-11-4-5-12-26(24)35-23-15-13-20(14-16-23)18-25(32-27(33)21-8-2-1-3-9-21)28(34)31-19-22-10-6-7-17-30-22/h1-18H,19H2,(H,31,34)(H,32,33)/b25-18+. The van der Waals surface area contributed by atoms with E-state index in [1.54, 1.807) is 54.7 Å². The number of benzene rings is 3. The van der Waals surface area contributed by atoms with Gasteiger partial charge in [-0.2, -0.15) is 0 Å². The smallest absolute Gasteiger partial charge is 0.268 e. The van der Waals surface area contributed by atoms with Crippen LogP contribution in [-0.4, -0.2) is 16.8 Å². The summed E-state index contributed by atoms with van der Waals surface area (Å²) < 4.78 is 6.75. The maximum atomic E-state index is 13.0. The number of carbonyl (C=O) groups excluding carboxylic acids is 2. The molecule has 3 aromatic carbocycles. The van der Waals surface area contributed by atoms with Crippen molar-refractivity contribution in [2.45, 2.75) is 6.54 Å². The van der Waals surface area contributed by atoms with Crippen LogP contribution in [0.3, 0.4) is 0 Å². The van der Waals surface area contributed by atoms with E-state index in [4.69, 9.17) is 4.74 Å². The van der Waals surface area contributed by atoms with Gasteiger partial charge in [-0.15, -0.1) is 0 Å². The summed E-state index contributed by atoms with van der Waals surface area (Å²) in [4.78, 5) is 29.9. The van der Waals surface area contributed by atoms with Crippen LogP contribution in [0, 0.1) is 0 Å². The second-order valence-electron chi connectivity index (χ2n) is 7.48. The molecule has 4 aromatic rings. The fourth-order valence-electron chi connectivity index (χ4n) is 3.16. The monoisotopic (exact) mass is 527 g/mol. The number of halogens is 1. The first-order chi connectivity index (χ1) is 17.1. The average molecular weight is 528 g/mol. The van der Waals surface area contributed by atoms with E-state index in [0.29, 0.717) is 22.8 Å². The Bertz CT molecular complexity index is 1320. The second-order valence-corrected chi connectivity index (χ2v) is 8.34. The number of ether oxygens (including phenoxy) is 1. The summed E-state index contributed by atoms with van der Waals surface area (Å²) in [5.74, 6) is 0.538. The molecule has 1 heterocycles. The lowest BCUT2D eigenvalue weighted by Crippen LogP contribution is -2.34. The van der Waals surface area contributed by atoms with E-state index in [-0.39, 0.29) is 18.1 Å². The molecule has 0 unspecified atom stereocenters. The van der Waals surface area contributed by atoms with Crippen LogP contribution in [0.4, 0.5) is 0 Å². The van der Waals surface area contributed by atoms with Gasteiger partial charge in [0.2, 0.25) is 0 Å². The number of para-hydroxylation sites is 1. The number of amides is 2. The van der Waals surface area contributed by atoms with Gasteiger partial charge in [-0.05, 0) is 76.1 Å². The molecular formula is C28H22BrN3O3. The van der Waals surface area contributed by atoms with Crippen molar-refractivity contribution in [3.05, 3.63) is 130 Å². The van der Waals surface area contributed by atoms with Crippen molar-refractivity contribution in [2.75, 3.05) is 0 Å². The van der Waals surface area contributed by atoms with Gasteiger partial charge in [0.1, 0.15) is 17.2 Å². The maximum absolute atomic E-state index is 13.0. The Hall–Kier alpha value is -4.23. The van der Waals surface area contributed by atoms with Gasteiger partial charge >= 0.3 is 0 Å². The normalized spacial score (nSPS) is 10.9. The minimum atomic E-state index is -0.423. The number of rotatable bonds is 8. The predicted molar refractivity (Wildman–Crippen MR) is 139 cm³/mol. The molecule has 0 saturated carbocycles. The van der Waals surface area contributed by atoms with Crippen molar-refractivity contribution < 1.29 is 14.3 Å². The Balaban J connectivity index is 1.53. The average Bonchev–Trinajstić information content (AvgIpc) is 2.90. The summed E-state index contributed by atoms with van der Waals surface area (Å²) in [5.41, 5.74) is 2.01. The largest absolute Gasteiger partial charge is 0.456 e. The van der Waals surface area contributed by atoms with Crippen molar-refractivity contribution in [3.63, 3.8) is 0 Å². The highest BCUT2D eigenvalue weighted by Crippen LogP contribution is 2.29. The second kappa shape index (κ2) is 11.8. The summed E-state index contributed by atoms with van der Waals surface area (Å²) >= 11 is 3.47. The highest BCUT2D eigenvalue weighted by atomic mass is 79.9. The third-order valence-electron chi connectivity index (χ3n) is 4.94. The third kappa shape index (κ3) is 6.88. The first kappa shape index (κ1) is 23.9. The minimum Gasteiger partial charge on any atom is -0.456 e. The van der Waals surface area contributed by atoms with Crippen LogP contribution in [-0.2, 0) is 11.3 Å². The number of nitrogens with one attached hydrogen (secondary N) is 2. The maximum Gasteiger partial charge on any atom is 0.268 e. The fourth-order valence-corrected chi connectivity index (χ4v) is 3.53. The third-order valence-corrected chi connectivity index (χ3v) is 5.60. The quantitative estimate of drug-likeness (QED) is 0.287.